The molecule has 196 valence electrons. The molecule has 1 fully saturated rings. The van der Waals surface area contributed by atoms with Crippen molar-refractivity contribution in [2.24, 2.45) is 5.41 Å². The zero-order valence-electron chi connectivity index (χ0n) is 21.9. The zero-order valence-corrected chi connectivity index (χ0v) is 22.6. The molecule has 3 heterocycles. The molecule has 1 saturated heterocycles. The molecule has 3 aromatic rings. The van der Waals surface area contributed by atoms with E-state index in [0.29, 0.717) is 29.7 Å². The van der Waals surface area contributed by atoms with Gasteiger partial charge in [0.1, 0.15) is 24.7 Å². The van der Waals surface area contributed by atoms with Gasteiger partial charge in [0.2, 0.25) is 0 Å². The predicted octanol–water partition coefficient (Wildman–Crippen LogP) is 6.13. The van der Waals surface area contributed by atoms with E-state index < -0.39 is 5.97 Å². The van der Waals surface area contributed by atoms with Crippen molar-refractivity contribution in [3.63, 3.8) is 0 Å². The van der Waals surface area contributed by atoms with Crippen LogP contribution in [0.15, 0.2) is 42.7 Å². The van der Waals surface area contributed by atoms with Gasteiger partial charge in [-0.25, -0.2) is 0 Å². The molecule has 4 rings (SSSR count). The lowest BCUT2D eigenvalue weighted by molar-refractivity contribution is -0.136. The molecule has 1 aliphatic heterocycles. The predicted molar refractivity (Wildman–Crippen MR) is 146 cm³/mol. The lowest BCUT2D eigenvalue weighted by atomic mass is 9.82. The molecule has 8 heteroatoms. The minimum Gasteiger partial charge on any atom is -0.488 e. The van der Waals surface area contributed by atoms with E-state index in [-0.39, 0.29) is 11.8 Å². The molecule has 2 aromatic heterocycles. The van der Waals surface area contributed by atoms with Crippen molar-refractivity contribution in [1.29, 1.82) is 0 Å². The SMILES string of the molecule is Cc1ccc(OCCOc2ccc(-c3cnc(C)c(CC(=O)O)c3N3CCC(C)(C)CC3)nc2)c(Cl)c1. The average Bonchev–Trinajstić information content (AvgIpc) is 2.85. The Morgan fingerprint density at radius 2 is 1.78 bits per heavy atom. The molecule has 1 aromatic carbocycles. The first-order chi connectivity index (χ1) is 17.6. The summed E-state index contributed by atoms with van der Waals surface area (Å²) in [6.45, 7) is 10.8. The smallest absolute Gasteiger partial charge is 0.307 e. The molecule has 0 amide bonds. The molecule has 37 heavy (non-hydrogen) atoms. The van der Waals surface area contributed by atoms with Gasteiger partial charge in [0.05, 0.1) is 29.0 Å². The fraction of sp³-hybridized carbons (Fsp3) is 0.414. The van der Waals surface area contributed by atoms with Crippen LogP contribution in [0, 0.1) is 19.3 Å². The highest BCUT2D eigenvalue weighted by Crippen LogP contribution is 2.39. The fourth-order valence-electron chi connectivity index (χ4n) is 4.54. The summed E-state index contributed by atoms with van der Waals surface area (Å²) in [6, 6.07) is 9.41. The van der Waals surface area contributed by atoms with Gasteiger partial charge in [0.15, 0.2) is 0 Å². The van der Waals surface area contributed by atoms with E-state index in [2.05, 4.69) is 28.7 Å². The molecule has 1 aliphatic rings. The minimum atomic E-state index is -0.869. The van der Waals surface area contributed by atoms with Gasteiger partial charge in [-0.1, -0.05) is 31.5 Å². The lowest BCUT2D eigenvalue weighted by Crippen LogP contribution is -2.38. The van der Waals surface area contributed by atoms with Crippen LogP contribution in [0.5, 0.6) is 11.5 Å². The van der Waals surface area contributed by atoms with Crippen molar-refractivity contribution >= 4 is 23.3 Å². The molecular formula is C29H34ClN3O4. The van der Waals surface area contributed by atoms with E-state index in [1.807, 2.05) is 44.2 Å². The Hall–Kier alpha value is -3.32. The van der Waals surface area contributed by atoms with Crippen molar-refractivity contribution in [1.82, 2.24) is 9.97 Å². The molecule has 0 unspecified atom stereocenters. The number of benzene rings is 1. The largest absolute Gasteiger partial charge is 0.488 e. The Bertz CT molecular complexity index is 1250. The van der Waals surface area contributed by atoms with Crippen molar-refractivity contribution < 1.29 is 19.4 Å². The van der Waals surface area contributed by atoms with Crippen LogP contribution >= 0.6 is 11.6 Å². The number of piperidine rings is 1. The van der Waals surface area contributed by atoms with E-state index in [4.69, 9.17) is 21.1 Å². The molecule has 7 nitrogen and oxygen atoms in total. The Kier molecular flexibility index (Phi) is 8.22. The highest BCUT2D eigenvalue weighted by atomic mass is 35.5. The number of nitrogens with zero attached hydrogens (tertiary/aromatic N) is 3. The number of carbonyl (C=O) groups is 1. The number of rotatable bonds is 9. The fourth-order valence-corrected chi connectivity index (χ4v) is 4.83. The van der Waals surface area contributed by atoms with E-state index >= 15 is 0 Å². The third-order valence-corrected chi connectivity index (χ3v) is 7.13. The van der Waals surface area contributed by atoms with Crippen LogP contribution in [0.2, 0.25) is 5.02 Å². The van der Waals surface area contributed by atoms with Gasteiger partial charge in [-0.3, -0.25) is 14.8 Å². The summed E-state index contributed by atoms with van der Waals surface area (Å²) >= 11 is 6.22. The summed E-state index contributed by atoms with van der Waals surface area (Å²) in [5.74, 6) is 0.378. The Morgan fingerprint density at radius 1 is 1.05 bits per heavy atom. The molecule has 0 aliphatic carbocycles. The second kappa shape index (κ2) is 11.4. The number of carboxylic acids is 1. The van der Waals surface area contributed by atoms with Gasteiger partial charge in [-0.05, 0) is 61.9 Å². The van der Waals surface area contributed by atoms with Crippen LogP contribution in [-0.4, -0.2) is 47.3 Å². The number of carboxylic acid groups (broad SMARTS) is 1. The first-order valence-electron chi connectivity index (χ1n) is 12.6. The summed E-state index contributed by atoms with van der Waals surface area (Å²) in [4.78, 5) is 23.2. The lowest BCUT2D eigenvalue weighted by Gasteiger charge is -2.40. The number of hydrogen-bond donors (Lipinski definition) is 1. The average molecular weight is 524 g/mol. The van der Waals surface area contributed by atoms with Crippen LogP contribution in [0.4, 0.5) is 5.69 Å². The third-order valence-electron chi connectivity index (χ3n) is 6.84. The summed E-state index contributed by atoms with van der Waals surface area (Å²) < 4.78 is 11.5. The minimum absolute atomic E-state index is 0.0753. The number of aryl methyl sites for hydroxylation is 2. The van der Waals surface area contributed by atoms with Gasteiger partial charge in [0.25, 0.3) is 0 Å². The molecule has 0 spiro atoms. The molecule has 0 radical (unpaired) electrons. The topological polar surface area (TPSA) is 84.8 Å². The van der Waals surface area contributed by atoms with Crippen molar-refractivity contribution in [2.75, 3.05) is 31.2 Å². The zero-order chi connectivity index (χ0) is 26.6. The number of halogens is 1. The number of aliphatic carboxylic acids is 1. The molecular weight excluding hydrogens is 490 g/mol. The summed E-state index contributed by atoms with van der Waals surface area (Å²) in [5, 5.41) is 10.2. The summed E-state index contributed by atoms with van der Waals surface area (Å²) in [5.41, 5.74) is 5.33. The van der Waals surface area contributed by atoms with Gasteiger partial charge in [-0.15, -0.1) is 0 Å². The molecule has 0 bridgehead atoms. The summed E-state index contributed by atoms with van der Waals surface area (Å²) in [7, 11) is 0. The highest BCUT2D eigenvalue weighted by Gasteiger charge is 2.29. The number of pyridine rings is 2. The number of anilines is 1. The molecule has 0 saturated carbocycles. The van der Waals surface area contributed by atoms with Crippen molar-refractivity contribution in [3.8, 4) is 22.8 Å². The van der Waals surface area contributed by atoms with Crippen molar-refractivity contribution in [2.45, 2.75) is 47.0 Å². The van der Waals surface area contributed by atoms with E-state index in [1.165, 1.54) is 0 Å². The Labute approximate surface area is 223 Å². The first kappa shape index (κ1) is 26.7. The maximum absolute atomic E-state index is 11.7. The monoisotopic (exact) mass is 523 g/mol. The molecule has 1 N–H and O–H groups in total. The Balaban J connectivity index is 1.50. The van der Waals surface area contributed by atoms with Gasteiger partial charge in [-0.2, -0.15) is 0 Å². The quantitative estimate of drug-likeness (QED) is 0.338. The maximum atomic E-state index is 11.7. The number of hydrogen-bond acceptors (Lipinski definition) is 6. The standard InChI is InChI=1S/C29H34ClN3O4/c1-19-5-8-26(24(30)15-19)37-14-13-36-21-6-7-25(32-17-21)23-18-31-20(2)22(16-27(34)35)28(23)33-11-9-29(3,4)10-12-33/h5-8,15,17-18H,9-14,16H2,1-4H3,(H,34,35). The number of aromatic nitrogens is 2. The normalized spacial score (nSPS) is 14.9. The Morgan fingerprint density at radius 3 is 2.43 bits per heavy atom. The first-order valence-corrected chi connectivity index (χ1v) is 12.9. The van der Waals surface area contributed by atoms with Gasteiger partial charge < -0.3 is 19.5 Å². The second-order valence-corrected chi connectivity index (χ2v) is 10.7. The highest BCUT2D eigenvalue weighted by molar-refractivity contribution is 6.32. The second-order valence-electron chi connectivity index (χ2n) is 10.3. The van der Waals surface area contributed by atoms with Crippen LogP contribution < -0.4 is 14.4 Å². The van der Waals surface area contributed by atoms with Gasteiger partial charge >= 0.3 is 5.97 Å². The van der Waals surface area contributed by atoms with Crippen LogP contribution in [-0.2, 0) is 11.2 Å². The summed E-state index contributed by atoms with van der Waals surface area (Å²) in [6.07, 6.45) is 5.48. The number of ether oxygens (including phenoxy) is 2. The van der Waals surface area contributed by atoms with E-state index in [9.17, 15) is 9.90 Å². The van der Waals surface area contributed by atoms with E-state index in [0.717, 1.165) is 59.7 Å². The molecule has 0 atom stereocenters. The van der Waals surface area contributed by atoms with E-state index in [1.54, 1.807) is 12.4 Å². The van der Waals surface area contributed by atoms with Crippen LogP contribution in [0.25, 0.3) is 11.3 Å². The third kappa shape index (κ3) is 6.72. The van der Waals surface area contributed by atoms with Crippen LogP contribution in [0.3, 0.4) is 0 Å². The maximum Gasteiger partial charge on any atom is 0.307 e. The van der Waals surface area contributed by atoms with Gasteiger partial charge in [0, 0.05) is 36.1 Å². The van der Waals surface area contributed by atoms with Crippen molar-refractivity contribution in [3.05, 3.63) is 64.6 Å². The van der Waals surface area contributed by atoms with Crippen LogP contribution in [0.1, 0.15) is 43.5 Å².